The highest BCUT2D eigenvalue weighted by Gasteiger charge is 2.21. The van der Waals surface area contributed by atoms with Gasteiger partial charge in [-0.3, -0.25) is 4.79 Å². The summed E-state index contributed by atoms with van der Waals surface area (Å²) >= 11 is 3.33. The lowest BCUT2D eigenvalue weighted by Gasteiger charge is -2.18. The van der Waals surface area contributed by atoms with Crippen molar-refractivity contribution in [2.75, 3.05) is 25.0 Å². The van der Waals surface area contributed by atoms with Gasteiger partial charge in [-0.05, 0) is 48.5 Å². The van der Waals surface area contributed by atoms with E-state index in [-0.39, 0.29) is 17.4 Å². The molecular weight excluding hydrogens is 420 g/mol. The molecule has 0 aliphatic rings. The smallest absolute Gasteiger partial charge is 0.262 e. The normalized spacial score (nSPS) is 11.4. The van der Waals surface area contributed by atoms with Crippen LogP contribution < -0.4 is 10.1 Å². The van der Waals surface area contributed by atoms with Crippen molar-refractivity contribution < 1.29 is 17.9 Å². The highest BCUT2D eigenvalue weighted by atomic mass is 79.9. The minimum atomic E-state index is -3.50. The largest absolute Gasteiger partial charge is 0.484 e. The Morgan fingerprint density at radius 3 is 2.15 bits per heavy atom. The van der Waals surface area contributed by atoms with Gasteiger partial charge in [0.15, 0.2) is 6.61 Å². The number of sulfonamides is 1. The van der Waals surface area contributed by atoms with Gasteiger partial charge in [0.25, 0.3) is 5.91 Å². The monoisotopic (exact) mass is 440 g/mol. The number of anilines is 1. The maximum atomic E-state index is 12.4. The molecule has 0 radical (unpaired) electrons. The molecule has 1 N–H and O–H groups in total. The number of benzene rings is 2. The van der Waals surface area contributed by atoms with Crippen molar-refractivity contribution in [1.29, 1.82) is 0 Å². The molecule has 0 saturated heterocycles. The second kappa shape index (κ2) is 9.16. The fraction of sp³-hybridized carbons (Fsp3) is 0.278. The van der Waals surface area contributed by atoms with Crippen molar-refractivity contribution >= 4 is 37.5 Å². The van der Waals surface area contributed by atoms with E-state index in [1.54, 1.807) is 38.1 Å². The predicted molar refractivity (Wildman–Crippen MR) is 105 cm³/mol. The number of hydrogen-bond donors (Lipinski definition) is 1. The first kappa shape index (κ1) is 20.4. The molecular formula is C18H21BrN2O4S. The van der Waals surface area contributed by atoms with E-state index >= 15 is 0 Å². The number of halogens is 1. The first-order valence-corrected chi connectivity index (χ1v) is 10.4. The summed E-state index contributed by atoms with van der Waals surface area (Å²) in [5.41, 5.74) is 0.669. The van der Waals surface area contributed by atoms with Gasteiger partial charge in [-0.25, -0.2) is 8.42 Å². The van der Waals surface area contributed by atoms with Crippen molar-refractivity contribution in [3.63, 3.8) is 0 Å². The number of carbonyl (C=O) groups excluding carboxylic acids is 1. The third-order valence-corrected chi connectivity index (χ3v) is 6.26. The molecule has 0 unspecified atom stereocenters. The molecule has 0 aromatic heterocycles. The van der Waals surface area contributed by atoms with Crippen LogP contribution in [-0.2, 0) is 14.8 Å². The topological polar surface area (TPSA) is 75.7 Å². The Balaban J connectivity index is 1.94. The Morgan fingerprint density at radius 2 is 1.62 bits per heavy atom. The summed E-state index contributed by atoms with van der Waals surface area (Å²) in [6.07, 6.45) is 0. The molecule has 0 aliphatic heterocycles. The number of rotatable bonds is 8. The van der Waals surface area contributed by atoms with E-state index in [2.05, 4.69) is 21.2 Å². The standard InChI is InChI=1S/C18H21BrN2O4S/c1-3-21(4-2)26(23,24)17-11-9-16(10-12-17)25-13-18(22)20-15-7-5-14(19)6-8-15/h5-12H,3-4,13H2,1-2H3,(H,20,22). The average molecular weight is 441 g/mol. The number of ether oxygens (including phenoxy) is 1. The van der Waals surface area contributed by atoms with E-state index < -0.39 is 10.0 Å². The van der Waals surface area contributed by atoms with E-state index in [0.29, 0.717) is 24.5 Å². The zero-order valence-electron chi connectivity index (χ0n) is 14.6. The molecule has 6 nitrogen and oxygen atoms in total. The van der Waals surface area contributed by atoms with Gasteiger partial charge in [0.1, 0.15) is 5.75 Å². The minimum absolute atomic E-state index is 0.168. The van der Waals surface area contributed by atoms with Crippen LogP contribution in [-0.4, -0.2) is 38.3 Å². The second-order valence-electron chi connectivity index (χ2n) is 5.40. The molecule has 0 spiro atoms. The summed E-state index contributed by atoms with van der Waals surface area (Å²) < 4.78 is 32.6. The quantitative estimate of drug-likeness (QED) is 0.681. The molecule has 2 rings (SSSR count). The van der Waals surface area contributed by atoms with Crippen LogP contribution in [0.15, 0.2) is 57.9 Å². The third kappa shape index (κ3) is 5.30. The van der Waals surface area contributed by atoms with Crippen LogP contribution in [0.5, 0.6) is 5.75 Å². The molecule has 1 amide bonds. The van der Waals surface area contributed by atoms with Gasteiger partial charge in [-0.1, -0.05) is 29.8 Å². The molecule has 0 aliphatic carbocycles. The van der Waals surface area contributed by atoms with Crippen molar-refractivity contribution in [3.05, 3.63) is 53.0 Å². The van der Waals surface area contributed by atoms with Crippen LogP contribution in [0.3, 0.4) is 0 Å². The van der Waals surface area contributed by atoms with Crippen molar-refractivity contribution in [2.45, 2.75) is 18.7 Å². The highest BCUT2D eigenvalue weighted by Crippen LogP contribution is 2.19. The van der Waals surface area contributed by atoms with Crippen LogP contribution in [0.1, 0.15) is 13.8 Å². The molecule has 0 fully saturated rings. The molecule has 8 heteroatoms. The van der Waals surface area contributed by atoms with E-state index in [0.717, 1.165) is 4.47 Å². The van der Waals surface area contributed by atoms with E-state index in [9.17, 15) is 13.2 Å². The Hall–Kier alpha value is -1.90. The summed E-state index contributed by atoms with van der Waals surface area (Å²) in [6, 6.07) is 13.2. The third-order valence-electron chi connectivity index (χ3n) is 3.66. The first-order chi connectivity index (χ1) is 12.4. The summed E-state index contributed by atoms with van der Waals surface area (Å²) in [7, 11) is -3.50. The van der Waals surface area contributed by atoms with E-state index in [1.807, 2.05) is 12.1 Å². The summed E-state index contributed by atoms with van der Waals surface area (Å²) in [5.74, 6) is 0.126. The fourth-order valence-corrected chi connectivity index (χ4v) is 4.02. The van der Waals surface area contributed by atoms with Gasteiger partial charge in [-0.15, -0.1) is 0 Å². The van der Waals surface area contributed by atoms with E-state index in [4.69, 9.17) is 4.74 Å². The highest BCUT2D eigenvalue weighted by molar-refractivity contribution is 9.10. The maximum Gasteiger partial charge on any atom is 0.262 e. The minimum Gasteiger partial charge on any atom is -0.484 e. The molecule has 0 atom stereocenters. The Morgan fingerprint density at radius 1 is 1.04 bits per heavy atom. The Labute approximate surface area is 162 Å². The lowest BCUT2D eigenvalue weighted by molar-refractivity contribution is -0.118. The Bertz CT molecular complexity index is 832. The SMILES string of the molecule is CCN(CC)S(=O)(=O)c1ccc(OCC(=O)Nc2ccc(Br)cc2)cc1. The van der Waals surface area contributed by atoms with E-state index in [1.165, 1.54) is 16.4 Å². The lowest BCUT2D eigenvalue weighted by atomic mass is 10.3. The van der Waals surface area contributed by atoms with Gasteiger partial charge >= 0.3 is 0 Å². The average Bonchev–Trinajstić information content (AvgIpc) is 2.63. The van der Waals surface area contributed by atoms with Crippen LogP contribution in [0.4, 0.5) is 5.69 Å². The van der Waals surface area contributed by atoms with Crippen LogP contribution in [0.25, 0.3) is 0 Å². The van der Waals surface area contributed by atoms with Crippen LogP contribution >= 0.6 is 15.9 Å². The van der Waals surface area contributed by atoms with Gasteiger partial charge in [0.05, 0.1) is 4.90 Å². The van der Waals surface area contributed by atoms with Crippen molar-refractivity contribution in [3.8, 4) is 5.75 Å². The number of hydrogen-bond acceptors (Lipinski definition) is 4. The number of nitrogens with zero attached hydrogens (tertiary/aromatic N) is 1. The van der Waals surface area contributed by atoms with Crippen LogP contribution in [0, 0.1) is 0 Å². The van der Waals surface area contributed by atoms with Gasteiger partial charge in [-0.2, -0.15) is 4.31 Å². The number of carbonyl (C=O) groups is 1. The van der Waals surface area contributed by atoms with Crippen LogP contribution in [0.2, 0.25) is 0 Å². The lowest BCUT2D eigenvalue weighted by Crippen LogP contribution is -2.30. The molecule has 0 bridgehead atoms. The van der Waals surface area contributed by atoms with Crippen molar-refractivity contribution in [2.24, 2.45) is 0 Å². The fourth-order valence-electron chi connectivity index (χ4n) is 2.30. The maximum absolute atomic E-state index is 12.4. The number of amides is 1. The second-order valence-corrected chi connectivity index (χ2v) is 8.26. The summed E-state index contributed by atoms with van der Waals surface area (Å²) in [4.78, 5) is 12.1. The summed E-state index contributed by atoms with van der Waals surface area (Å²) in [6.45, 7) is 4.24. The van der Waals surface area contributed by atoms with Gasteiger partial charge in [0.2, 0.25) is 10.0 Å². The zero-order valence-corrected chi connectivity index (χ0v) is 17.0. The molecule has 2 aromatic carbocycles. The van der Waals surface area contributed by atoms with Gasteiger partial charge < -0.3 is 10.1 Å². The van der Waals surface area contributed by atoms with Crippen molar-refractivity contribution in [1.82, 2.24) is 4.31 Å². The first-order valence-electron chi connectivity index (χ1n) is 8.15. The molecule has 0 saturated carbocycles. The molecule has 2 aromatic rings. The Kier molecular flexibility index (Phi) is 7.19. The molecule has 26 heavy (non-hydrogen) atoms. The predicted octanol–water partition coefficient (Wildman–Crippen LogP) is 3.50. The summed E-state index contributed by atoms with van der Waals surface area (Å²) in [5, 5.41) is 2.72. The zero-order chi connectivity index (χ0) is 19.2. The molecule has 140 valence electrons. The molecule has 0 heterocycles. The number of nitrogens with one attached hydrogen (secondary N) is 1. The van der Waals surface area contributed by atoms with Gasteiger partial charge in [0, 0.05) is 23.2 Å².